The fraction of sp³-hybridized carbons (Fsp3) is 0.417. The number of benzene rings is 1. The molecule has 1 aromatic rings. The number of aliphatic hydroxyl groups is 1. The summed E-state index contributed by atoms with van der Waals surface area (Å²) in [5.74, 6) is -0.516. The maximum atomic E-state index is 12.9. The van der Waals surface area contributed by atoms with Crippen molar-refractivity contribution >= 4 is 28.5 Å². The first-order valence-corrected chi connectivity index (χ1v) is 6.40. The molecule has 3 nitrogen and oxygen atoms in total. The minimum absolute atomic E-state index is 0.110. The molecule has 1 aromatic carbocycles. The van der Waals surface area contributed by atoms with Crippen molar-refractivity contribution in [3.05, 3.63) is 33.1 Å². The highest BCUT2D eigenvalue weighted by Gasteiger charge is 2.17. The normalized spacial score (nSPS) is 12.6. The smallest absolute Gasteiger partial charge is 0.252 e. The van der Waals surface area contributed by atoms with E-state index in [4.69, 9.17) is 5.11 Å². The van der Waals surface area contributed by atoms with Crippen molar-refractivity contribution in [3.63, 3.8) is 0 Å². The summed E-state index contributed by atoms with van der Waals surface area (Å²) in [6.07, 6.45) is 0. The predicted octanol–water partition coefficient (Wildman–Crippen LogP) is 2.18. The van der Waals surface area contributed by atoms with Gasteiger partial charge in [-0.2, -0.15) is 0 Å². The molecule has 0 spiro atoms. The molecule has 5 heteroatoms. The Hall–Kier alpha value is -0.690. The first-order chi connectivity index (χ1) is 7.95. The van der Waals surface area contributed by atoms with E-state index >= 15 is 0 Å². The lowest BCUT2D eigenvalue weighted by Crippen LogP contribution is -2.41. The molecule has 0 aliphatic heterocycles. The average Bonchev–Trinajstić information content (AvgIpc) is 2.24. The molecule has 0 saturated carbocycles. The number of halogens is 2. The molecule has 0 radical (unpaired) electrons. The molecule has 0 aromatic heterocycles. The Morgan fingerprint density at radius 3 is 2.65 bits per heavy atom. The zero-order valence-electron chi connectivity index (χ0n) is 9.71. The van der Waals surface area contributed by atoms with Crippen molar-refractivity contribution in [2.24, 2.45) is 5.92 Å². The van der Waals surface area contributed by atoms with E-state index in [2.05, 4.69) is 5.32 Å². The zero-order chi connectivity index (χ0) is 13.0. The van der Waals surface area contributed by atoms with Gasteiger partial charge in [-0.05, 0) is 46.7 Å². The third kappa shape index (κ3) is 3.92. The van der Waals surface area contributed by atoms with Gasteiger partial charge in [0.05, 0.1) is 18.2 Å². The Morgan fingerprint density at radius 2 is 2.18 bits per heavy atom. The van der Waals surface area contributed by atoms with E-state index in [1.807, 2.05) is 36.4 Å². The summed E-state index contributed by atoms with van der Waals surface area (Å²) >= 11 is 1.91. The molecule has 0 saturated heterocycles. The maximum Gasteiger partial charge on any atom is 0.252 e. The third-order valence-corrected chi connectivity index (χ3v) is 3.39. The van der Waals surface area contributed by atoms with Gasteiger partial charge in [0, 0.05) is 3.57 Å². The molecule has 0 heterocycles. The summed E-state index contributed by atoms with van der Waals surface area (Å²) < 4.78 is 13.4. The third-order valence-electron chi connectivity index (χ3n) is 2.49. The first kappa shape index (κ1) is 14.4. The summed E-state index contributed by atoms with van der Waals surface area (Å²) in [5.41, 5.74) is 0.422. The minimum Gasteiger partial charge on any atom is -0.394 e. The van der Waals surface area contributed by atoms with Crippen molar-refractivity contribution in [1.82, 2.24) is 5.32 Å². The summed E-state index contributed by atoms with van der Waals surface area (Å²) in [4.78, 5) is 11.9. The van der Waals surface area contributed by atoms with Crippen molar-refractivity contribution in [2.75, 3.05) is 6.61 Å². The Balaban J connectivity index is 2.82. The molecule has 0 bridgehead atoms. The van der Waals surface area contributed by atoms with Crippen LogP contribution < -0.4 is 5.32 Å². The van der Waals surface area contributed by atoms with E-state index in [1.54, 1.807) is 0 Å². The van der Waals surface area contributed by atoms with Gasteiger partial charge in [0.15, 0.2) is 0 Å². The molecule has 17 heavy (non-hydrogen) atoms. The van der Waals surface area contributed by atoms with Crippen LogP contribution >= 0.6 is 22.6 Å². The van der Waals surface area contributed by atoms with Gasteiger partial charge < -0.3 is 10.4 Å². The SMILES string of the molecule is CC(C)C(CO)NC(=O)c1ccc(F)cc1I. The van der Waals surface area contributed by atoms with Crippen LogP contribution in [-0.2, 0) is 0 Å². The van der Waals surface area contributed by atoms with Gasteiger partial charge in [0.2, 0.25) is 0 Å². The highest BCUT2D eigenvalue weighted by atomic mass is 127. The number of hydrogen-bond acceptors (Lipinski definition) is 2. The van der Waals surface area contributed by atoms with Crippen molar-refractivity contribution < 1.29 is 14.3 Å². The number of carbonyl (C=O) groups excluding carboxylic acids is 1. The minimum atomic E-state index is -0.367. The van der Waals surface area contributed by atoms with Crippen LogP contribution in [0.2, 0.25) is 0 Å². The van der Waals surface area contributed by atoms with Crippen LogP contribution in [0.5, 0.6) is 0 Å². The van der Waals surface area contributed by atoms with Gasteiger partial charge >= 0.3 is 0 Å². The van der Waals surface area contributed by atoms with E-state index in [0.717, 1.165) is 0 Å². The number of rotatable bonds is 4. The Morgan fingerprint density at radius 1 is 1.53 bits per heavy atom. The molecule has 1 unspecified atom stereocenters. The lowest BCUT2D eigenvalue weighted by molar-refractivity contribution is 0.0896. The number of aliphatic hydroxyl groups excluding tert-OH is 1. The average molecular weight is 351 g/mol. The van der Waals surface area contributed by atoms with Crippen LogP contribution in [0, 0.1) is 15.3 Å². The van der Waals surface area contributed by atoms with Crippen LogP contribution in [0.15, 0.2) is 18.2 Å². The Bertz CT molecular complexity index is 409. The molecule has 0 fully saturated rings. The number of nitrogens with one attached hydrogen (secondary N) is 1. The molecule has 1 rings (SSSR count). The number of amides is 1. The summed E-state index contributed by atoms with van der Waals surface area (Å²) in [5, 5.41) is 11.9. The zero-order valence-corrected chi connectivity index (χ0v) is 11.9. The van der Waals surface area contributed by atoms with E-state index in [1.165, 1.54) is 18.2 Å². The van der Waals surface area contributed by atoms with Crippen LogP contribution in [0.3, 0.4) is 0 Å². The quantitative estimate of drug-likeness (QED) is 0.817. The van der Waals surface area contributed by atoms with Gasteiger partial charge in [0.1, 0.15) is 5.82 Å². The lowest BCUT2D eigenvalue weighted by atomic mass is 10.0. The van der Waals surface area contributed by atoms with E-state index in [-0.39, 0.29) is 30.3 Å². The van der Waals surface area contributed by atoms with Gasteiger partial charge in [-0.3, -0.25) is 4.79 Å². The van der Waals surface area contributed by atoms with Crippen LogP contribution in [0.25, 0.3) is 0 Å². The second-order valence-electron chi connectivity index (χ2n) is 4.13. The fourth-order valence-corrected chi connectivity index (χ4v) is 2.07. The summed E-state index contributed by atoms with van der Waals surface area (Å²) in [6, 6.07) is 3.71. The molecule has 0 aliphatic carbocycles. The molecule has 94 valence electrons. The van der Waals surface area contributed by atoms with Crippen molar-refractivity contribution in [3.8, 4) is 0 Å². The van der Waals surface area contributed by atoms with Gasteiger partial charge in [-0.25, -0.2) is 4.39 Å². The summed E-state index contributed by atoms with van der Waals surface area (Å²) in [6.45, 7) is 3.72. The van der Waals surface area contributed by atoms with Crippen LogP contribution in [0.1, 0.15) is 24.2 Å². The topological polar surface area (TPSA) is 49.3 Å². The van der Waals surface area contributed by atoms with E-state index in [9.17, 15) is 9.18 Å². The molecule has 1 amide bonds. The second-order valence-corrected chi connectivity index (χ2v) is 5.29. The lowest BCUT2D eigenvalue weighted by Gasteiger charge is -2.20. The molecule has 1 atom stereocenters. The molecule has 2 N–H and O–H groups in total. The second kappa shape index (κ2) is 6.30. The van der Waals surface area contributed by atoms with Crippen molar-refractivity contribution in [2.45, 2.75) is 19.9 Å². The monoisotopic (exact) mass is 351 g/mol. The van der Waals surface area contributed by atoms with Gasteiger partial charge in [0.25, 0.3) is 5.91 Å². The van der Waals surface area contributed by atoms with E-state index < -0.39 is 0 Å². The highest BCUT2D eigenvalue weighted by molar-refractivity contribution is 14.1. The maximum absolute atomic E-state index is 12.9. The molecular formula is C12H15FINO2. The number of carbonyl (C=O) groups is 1. The van der Waals surface area contributed by atoms with Crippen LogP contribution in [-0.4, -0.2) is 23.7 Å². The van der Waals surface area contributed by atoms with Gasteiger partial charge in [-0.15, -0.1) is 0 Å². The fourth-order valence-electron chi connectivity index (χ4n) is 1.34. The first-order valence-electron chi connectivity index (χ1n) is 5.32. The van der Waals surface area contributed by atoms with Crippen LogP contribution in [0.4, 0.5) is 4.39 Å². The molecular weight excluding hydrogens is 336 g/mol. The Kier molecular flexibility index (Phi) is 5.32. The predicted molar refractivity (Wildman–Crippen MR) is 72.3 cm³/mol. The molecule has 0 aliphatic rings. The van der Waals surface area contributed by atoms with E-state index in [0.29, 0.717) is 9.13 Å². The standard InChI is InChI=1S/C12H15FINO2/c1-7(2)11(6-16)15-12(17)9-4-3-8(13)5-10(9)14/h3-5,7,11,16H,6H2,1-2H3,(H,15,17). The van der Waals surface area contributed by atoms with Gasteiger partial charge in [-0.1, -0.05) is 13.8 Å². The highest BCUT2D eigenvalue weighted by Crippen LogP contribution is 2.14. The summed E-state index contributed by atoms with van der Waals surface area (Å²) in [7, 11) is 0. The largest absolute Gasteiger partial charge is 0.394 e. The van der Waals surface area contributed by atoms with Crippen molar-refractivity contribution in [1.29, 1.82) is 0 Å². The Labute approximate surface area is 114 Å². The number of hydrogen-bond donors (Lipinski definition) is 2.